The van der Waals surface area contributed by atoms with Gasteiger partial charge < -0.3 is 5.11 Å². The van der Waals surface area contributed by atoms with Crippen molar-refractivity contribution in [3.63, 3.8) is 0 Å². The molecule has 1 aliphatic rings. The van der Waals surface area contributed by atoms with E-state index in [9.17, 15) is 14.7 Å². The lowest BCUT2D eigenvalue weighted by molar-refractivity contribution is -0.153. The van der Waals surface area contributed by atoms with Crippen LogP contribution in [0.25, 0.3) is 0 Å². The van der Waals surface area contributed by atoms with Gasteiger partial charge >= 0.3 is 5.97 Å². The fraction of sp³-hybridized carbons (Fsp3) is 0.455. The average Bonchev–Trinajstić information content (AvgIpc) is 2.59. The summed E-state index contributed by atoms with van der Waals surface area (Å²) in [5.74, 6) is -0.813. The lowest BCUT2D eigenvalue weighted by Crippen LogP contribution is -2.48. The van der Waals surface area contributed by atoms with Gasteiger partial charge in [-0.3, -0.25) is 9.59 Å². The van der Waals surface area contributed by atoms with Gasteiger partial charge in [-0.25, -0.2) is 0 Å². The van der Waals surface area contributed by atoms with Gasteiger partial charge in [-0.2, -0.15) is 0 Å². The zero-order valence-corrected chi connectivity index (χ0v) is 9.26. The van der Waals surface area contributed by atoms with Crippen molar-refractivity contribution in [2.45, 2.75) is 31.6 Å². The zero-order valence-electron chi connectivity index (χ0n) is 8.45. The first-order valence-corrected chi connectivity index (χ1v) is 5.80. The first-order valence-electron chi connectivity index (χ1n) is 4.92. The smallest absolute Gasteiger partial charge is 0.315 e. The van der Waals surface area contributed by atoms with E-state index >= 15 is 0 Å². The van der Waals surface area contributed by atoms with Crippen LogP contribution in [0, 0.1) is 0 Å². The Labute approximate surface area is 91.7 Å². The van der Waals surface area contributed by atoms with E-state index in [2.05, 4.69) is 0 Å². The van der Waals surface area contributed by atoms with Crippen molar-refractivity contribution in [1.29, 1.82) is 0 Å². The Bertz CT molecular complexity index is 411. The monoisotopic (exact) mass is 224 g/mol. The highest BCUT2D eigenvalue weighted by molar-refractivity contribution is 7.10. The van der Waals surface area contributed by atoms with Crippen molar-refractivity contribution >= 4 is 23.1 Å². The van der Waals surface area contributed by atoms with E-state index in [4.69, 9.17) is 0 Å². The fourth-order valence-electron chi connectivity index (χ4n) is 2.06. The largest absolute Gasteiger partial charge is 0.481 e. The molecule has 2 rings (SSSR count). The number of carbonyl (C=O) groups is 2. The molecule has 15 heavy (non-hydrogen) atoms. The SMILES string of the molecule is CCc1ccsc1C1(C(=O)O)CC(=O)C1. The van der Waals surface area contributed by atoms with E-state index in [0.717, 1.165) is 16.9 Å². The molecule has 0 unspecified atom stereocenters. The van der Waals surface area contributed by atoms with Crippen LogP contribution in [0.4, 0.5) is 0 Å². The second kappa shape index (κ2) is 3.45. The van der Waals surface area contributed by atoms with E-state index in [-0.39, 0.29) is 18.6 Å². The van der Waals surface area contributed by atoms with Crippen molar-refractivity contribution in [1.82, 2.24) is 0 Å². The molecule has 1 aromatic rings. The van der Waals surface area contributed by atoms with Gasteiger partial charge in [-0.1, -0.05) is 6.92 Å². The van der Waals surface area contributed by atoms with Crippen molar-refractivity contribution in [2.75, 3.05) is 0 Å². The van der Waals surface area contributed by atoms with E-state index in [1.807, 2.05) is 18.4 Å². The number of carbonyl (C=O) groups excluding carboxylic acids is 1. The summed E-state index contributed by atoms with van der Waals surface area (Å²) in [4.78, 5) is 23.2. The highest BCUT2D eigenvalue weighted by atomic mass is 32.1. The Hall–Kier alpha value is -1.16. The molecular weight excluding hydrogens is 212 g/mol. The third kappa shape index (κ3) is 1.40. The maximum atomic E-state index is 11.3. The summed E-state index contributed by atoms with van der Waals surface area (Å²) < 4.78 is 0. The third-order valence-electron chi connectivity index (χ3n) is 2.97. The standard InChI is InChI=1S/C11H12O3S/c1-2-7-3-4-15-9(7)11(10(13)14)5-8(12)6-11/h3-4H,2,5-6H2,1H3,(H,13,14). The van der Waals surface area contributed by atoms with Crippen LogP contribution in [0.2, 0.25) is 0 Å². The first-order chi connectivity index (χ1) is 7.10. The molecule has 0 radical (unpaired) electrons. The second-order valence-corrected chi connectivity index (χ2v) is 4.82. The van der Waals surface area contributed by atoms with Crippen LogP contribution in [-0.2, 0) is 21.4 Å². The van der Waals surface area contributed by atoms with Crippen LogP contribution in [0.1, 0.15) is 30.2 Å². The normalized spacial score (nSPS) is 18.6. The molecule has 1 aliphatic carbocycles. The number of aryl methyl sites for hydroxylation is 1. The maximum Gasteiger partial charge on any atom is 0.315 e. The topological polar surface area (TPSA) is 54.4 Å². The molecule has 4 heteroatoms. The summed E-state index contributed by atoms with van der Waals surface area (Å²) in [5, 5.41) is 11.2. The van der Waals surface area contributed by atoms with Gasteiger partial charge in [0.2, 0.25) is 0 Å². The number of carboxylic acids is 1. The van der Waals surface area contributed by atoms with E-state index in [1.54, 1.807) is 0 Å². The van der Waals surface area contributed by atoms with Gasteiger partial charge in [-0.15, -0.1) is 11.3 Å². The number of ketones is 1. The summed E-state index contributed by atoms with van der Waals surface area (Å²) >= 11 is 1.45. The molecule has 0 aromatic carbocycles. The Kier molecular flexibility index (Phi) is 2.38. The summed E-state index contributed by atoms with van der Waals surface area (Å²) in [6.07, 6.45) is 1.15. The summed E-state index contributed by atoms with van der Waals surface area (Å²) in [5.41, 5.74) is 0.159. The quantitative estimate of drug-likeness (QED) is 0.854. The number of hydrogen-bond donors (Lipinski definition) is 1. The summed E-state index contributed by atoms with van der Waals surface area (Å²) in [7, 11) is 0. The number of hydrogen-bond acceptors (Lipinski definition) is 3. The highest BCUT2D eigenvalue weighted by Crippen LogP contribution is 2.45. The van der Waals surface area contributed by atoms with Crippen molar-refractivity contribution < 1.29 is 14.7 Å². The van der Waals surface area contributed by atoms with Crippen LogP contribution >= 0.6 is 11.3 Å². The Morgan fingerprint density at radius 2 is 2.27 bits per heavy atom. The predicted octanol–water partition coefficient (Wildman–Crippen LogP) is 2.00. The van der Waals surface area contributed by atoms with E-state index in [0.29, 0.717) is 0 Å². The first kappa shape index (κ1) is 10.4. The minimum absolute atomic E-state index is 0.0489. The minimum Gasteiger partial charge on any atom is -0.481 e. The van der Waals surface area contributed by atoms with E-state index < -0.39 is 11.4 Å². The maximum absolute atomic E-state index is 11.3. The summed E-state index contributed by atoms with van der Waals surface area (Å²) in [6.45, 7) is 2.00. The van der Waals surface area contributed by atoms with Crippen molar-refractivity contribution in [3.05, 3.63) is 21.9 Å². The fourth-order valence-corrected chi connectivity index (χ4v) is 3.25. The molecule has 1 fully saturated rings. The molecule has 1 heterocycles. The number of aliphatic carboxylic acids is 1. The highest BCUT2D eigenvalue weighted by Gasteiger charge is 2.53. The van der Waals surface area contributed by atoms with Gasteiger partial charge in [0.05, 0.1) is 0 Å². The minimum atomic E-state index is -0.906. The van der Waals surface area contributed by atoms with Crippen LogP contribution in [0.3, 0.4) is 0 Å². The molecule has 0 amide bonds. The number of Topliss-reactive ketones (excluding diaryl/α,β-unsaturated/α-hetero) is 1. The van der Waals surface area contributed by atoms with Crippen LogP contribution < -0.4 is 0 Å². The average molecular weight is 224 g/mol. The third-order valence-corrected chi connectivity index (χ3v) is 4.13. The van der Waals surface area contributed by atoms with Crippen molar-refractivity contribution in [3.8, 4) is 0 Å². The zero-order chi connectivity index (χ0) is 11.1. The molecule has 1 saturated carbocycles. The molecule has 0 atom stereocenters. The van der Waals surface area contributed by atoms with Crippen LogP contribution in [0.15, 0.2) is 11.4 Å². The Balaban J connectivity index is 2.43. The molecule has 1 N–H and O–H groups in total. The number of thiophene rings is 1. The molecule has 0 spiro atoms. The lowest BCUT2D eigenvalue weighted by atomic mass is 9.66. The van der Waals surface area contributed by atoms with Gasteiger partial charge in [-0.05, 0) is 23.4 Å². The van der Waals surface area contributed by atoms with E-state index in [1.165, 1.54) is 11.3 Å². The van der Waals surface area contributed by atoms with Gasteiger partial charge in [0.1, 0.15) is 11.2 Å². The molecular formula is C11H12O3S. The molecule has 3 nitrogen and oxygen atoms in total. The van der Waals surface area contributed by atoms with Gasteiger partial charge in [0.25, 0.3) is 0 Å². The molecule has 80 valence electrons. The second-order valence-electron chi connectivity index (χ2n) is 3.91. The summed E-state index contributed by atoms with van der Waals surface area (Å²) in [6, 6.07) is 1.95. The molecule has 0 bridgehead atoms. The van der Waals surface area contributed by atoms with Crippen LogP contribution in [0.5, 0.6) is 0 Å². The van der Waals surface area contributed by atoms with Gasteiger partial charge in [0.15, 0.2) is 0 Å². The number of carboxylic acid groups (broad SMARTS) is 1. The Morgan fingerprint density at radius 3 is 2.73 bits per heavy atom. The molecule has 0 aliphatic heterocycles. The predicted molar refractivity (Wildman–Crippen MR) is 57.3 cm³/mol. The van der Waals surface area contributed by atoms with Gasteiger partial charge in [0, 0.05) is 17.7 Å². The lowest BCUT2D eigenvalue weighted by Gasteiger charge is -2.36. The molecule has 0 saturated heterocycles. The Morgan fingerprint density at radius 1 is 1.60 bits per heavy atom. The number of rotatable bonds is 3. The van der Waals surface area contributed by atoms with Crippen molar-refractivity contribution in [2.24, 2.45) is 0 Å². The molecule has 1 aromatic heterocycles. The van der Waals surface area contributed by atoms with Crippen LogP contribution in [-0.4, -0.2) is 16.9 Å².